The van der Waals surface area contributed by atoms with E-state index < -0.39 is 0 Å². The fourth-order valence-electron chi connectivity index (χ4n) is 1.14. The molecule has 0 fully saturated rings. The molecule has 5 nitrogen and oxygen atoms in total. The Morgan fingerprint density at radius 1 is 0.824 bits per heavy atom. The van der Waals surface area contributed by atoms with Gasteiger partial charge in [-0.05, 0) is 6.42 Å². The van der Waals surface area contributed by atoms with Crippen molar-refractivity contribution >= 4 is 0 Å². The van der Waals surface area contributed by atoms with Crippen molar-refractivity contribution in [2.45, 2.75) is 19.8 Å². The normalized spacial score (nSPS) is 10.9. The molecule has 0 amide bonds. The van der Waals surface area contributed by atoms with Crippen molar-refractivity contribution in [2.24, 2.45) is 0 Å². The van der Waals surface area contributed by atoms with E-state index in [9.17, 15) is 0 Å². The van der Waals surface area contributed by atoms with Gasteiger partial charge in [0.2, 0.25) is 0 Å². The van der Waals surface area contributed by atoms with Crippen LogP contribution < -0.4 is 5.32 Å². The number of ether oxygens (including phenoxy) is 3. The van der Waals surface area contributed by atoms with Gasteiger partial charge < -0.3 is 24.6 Å². The van der Waals surface area contributed by atoms with Crippen LogP contribution in [0.5, 0.6) is 0 Å². The van der Waals surface area contributed by atoms with E-state index in [0.29, 0.717) is 39.6 Å². The summed E-state index contributed by atoms with van der Waals surface area (Å²) in [5, 5.41) is 11.5. The van der Waals surface area contributed by atoms with Crippen LogP contribution >= 0.6 is 0 Å². The van der Waals surface area contributed by atoms with Crippen LogP contribution in [0.1, 0.15) is 19.8 Å². The molecule has 2 N–H and O–H groups in total. The van der Waals surface area contributed by atoms with Crippen molar-refractivity contribution < 1.29 is 19.3 Å². The van der Waals surface area contributed by atoms with E-state index >= 15 is 0 Å². The summed E-state index contributed by atoms with van der Waals surface area (Å²) < 4.78 is 16.0. The molecular formula is C12H27NO4. The summed E-state index contributed by atoms with van der Waals surface area (Å²) in [6.07, 6.45) is 2.28. The highest BCUT2D eigenvalue weighted by Crippen LogP contribution is 1.87. The largest absolute Gasteiger partial charge is 0.395 e. The van der Waals surface area contributed by atoms with Gasteiger partial charge in [-0.1, -0.05) is 13.3 Å². The van der Waals surface area contributed by atoms with E-state index in [1.807, 2.05) is 0 Å². The number of aliphatic hydroxyl groups excluding tert-OH is 1. The van der Waals surface area contributed by atoms with E-state index in [1.165, 1.54) is 6.42 Å². The standard InChI is InChI=1S/C12H27NO4/c1-2-3-7-15-9-11-17-12-10-16-8-5-13-4-6-14/h13-14H,2-12H2,1H3. The zero-order chi connectivity index (χ0) is 12.6. The van der Waals surface area contributed by atoms with Crippen LogP contribution in [0.15, 0.2) is 0 Å². The molecule has 0 bridgehead atoms. The molecule has 0 saturated carbocycles. The molecule has 0 aliphatic rings. The number of rotatable bonds is 14. The summed E-state index contributed by atoms with van der Waals surface area (Å²) >= 11 is 0. The Hall–Kier alpha value is -0.200. The van der Waals surface area contributed by atoms with E-state index in [-0.39, 0.29) is 6.61 Å². The van der Waals surface area contributed by atoms with Gasteiger partial charge in [-0.15, -0.1) is 0 Å². The summed E-state index contributed by atoms with van der Waals surface area (Å²) in [4.78, 5) is 0. The third-order valence-corrected chi connectivity index (χ3v) is 2.10. The first-order valence-electron chi connectivity index (χ1n) is 6.46. The summed E-state index contributed by atoms with van der Waals surface area (Å²) in [5.41, 5.74) is 0. The number of hydrogen-bond donors (Lipinski definition) is 2. The summed E-state index contributed by atoms with van der Waals surface area (Å²) in [6.45, 7) is 7.69. The molecule has 0 atom stereocenters. The van der Waals surface area contributed by atoms with E-state index in [2.05, 4.69) is 12.2 Å². The number of aliphatic hydroxyl groups is 1. The van der Waals surface area contributed by atoms with Gasteiger partial charge in [0.25, 0.3) is 0 Å². The molecule has 0 aromatic carbocycles. The Morgan fingerprint density at radius 2 is 1.41 bits per heavy atom. The quantitative estimate of drug-likeness (QED) is 0.437. The smallest absolute Gasteiger partial charge is 0.0701 e. The first kappa shape index (κ1) is 16.8. The van der Waals surface area contributed by atoms with Crippen LogP contribution in [0, 0.1) is 0 Å². The van der Waals surface area contributed by atoms with Crippen LogP contribution in [-0.2, 0) is 14.2 Å². The molecule has 0 spiro atoms. The van der Waals surface area contributed by atoms with Gasteiger partial charge >= 0.3 is 0 Å². The van der Waals surface area contributed by atoms with Crippen molar-refractivity contribution in [2.75, 3.05) is 59.3 Å². The Labute approximate surface area is 104 Å². The monoisotopic (exact) mass is 249 g/mol. The maximum atomic E-state index is 8.51. The third-order valence-electron chi connectivity index (χ3n) is 2.10. The molecule has 5 heteroatoms. The van der Waals surface area contributed by atoms with Crippen LogP contribution in [0.25, 0.3) is 0 Å². The molecule has 104 valence electrons. The molecule has 0 aliphatic heterocycles. The lowest BCUT2D eigenvalue weighted by Gasteiger charge is -2.07. The SMILES string of the molecule is CCCCOCCOCCOCCNCCO. The van der Waals surface area contributed by atoms with Crippen LogP contribution in [0.4, 0.5) is 0 Å². The first-order chi connectivity index (χ1) is 8.41. The predicted molar refractivity (Wildman–Crippen MR) is 67.3 cm³/mol. The summed E-state index contributed by atoms with van der Waals surface area (Å²) in [6, 6.07) is 0. The Balaban J connectivity index is 2.85. The molecule has 0 radical (unpaired) electrons. The second-order valence-electron chi connectivity index (χ2n) is 3.66. The average molecular weight is 249 g/mol. The summed E-state index contributed by atoms with van der Waals surface area (Å²) in [5.74, 6) is 0. The average Bonchev–Trinajstić information content (AvgIpc) is 2.35. The van der Waals surface area contributed by atoms with E-state index in [4.69, 9.17) is 19.3 Å². The third kappa shape index (κ3) is 15.8. The summed E-state index contributed by atoms with van der Waals surface area (Å²) in [7, 11) is 0. The maximum Gasteiger partial charge on any atom is 0.0701 e. The fourth-order valence-corrected chi connectivity index (χ4v) is 1.14. The zero-order valence-corrected chi connectivity index (χ0v) is 11.0. The molecule has 0 aliphatic carbocycles. The molecule has 0 rings (SSSR count). The van der Waals surface area contributed by atoms with Gasteiger partial charge in [0.1, 0.15) is 0 Å². The number of hydrogen-bond acceptors (Lipinski definition) is 5. The molecule has 0 aromatic rings. The predicted octanol–water partition coefficient (Wildman–Crippen LogP) is 0.418. The lowest BCUT2D eigenvalue weighted by Crippen LogP contribution is -2.23. The molecule has 0 heterocycles. The van der Waals surface area contributed by atoms with Crippen LogP contribution in [0.2, 0.25) is 0 Å². The van der Waals surface area contributed by atoms with E-state index in [0.717, 1.165) is 19.6 Å². The Morgan fingerprint density at radius 3 is 2.00 bits per heavy atom. The van der Waals surface area contributed by atoms with Crippen molar-refractivity contribution in [3.63, 3.8) is 0 Å². The van der Waals surface area contributed by atoms with Gasteiger partial charge in [0, 0.05) is 19.7 Å². The minimum atomic E-state index is 0.168. The zero-order valence-electron chi connectivity index (χ0n) is 11.0. The van der Waals surface area contributed by atoms with Gasteiger partial charge in [-0.2, -0.15) is 0 Å². The highest BCUT2D eigenvalue weighted by atomic mass is 16.5. The molecule has 0 saturated heterocycles. The minimum absolute atomic E-state index is 0.168. The first-order valence-corrected chi connectivity index (χ1v) is 6.46. The topological polar surface area (TPSA) is 60.0 Å². The van der Waals surface area contributed by atoms with Crippen molar-refractivity contribution in [1.29, 1.82) is 0 Å². The maximum absolute atomic E-state index is 8.51. The lowest BCUT2D eigenvalue weighted by molar-refractivity contribution is 0.0146. The van der Waals surface area contributed by atoms with Gasteiger partial charge in [-0.3, -0.25) is 0 Å². The number of unbranched alkanes of at least 4 members (excludes halogenated alkanes) is 1. The van der Waals surface area contributed by atoms with Crippen molar-refractivity contribution in [1.82, 2.24) is 5.32 Å². The Bertz CT molecular complexity index is 122. The number of nitrogens with one attached hydrogen (secondary N) is 1. The fraction of sp³-hybridized carbons (Fsp3) is 1.00. The molecule has 17 heavy (non-hydrogen) atoms. The van der Waals surface area contributed by atoms with Crippen molar-refractivity contribution in [3.05, 3.63) is 0 Å². The highest BCUT2D eigenvalue weighted by molar-refractivity contribution is 4.43. The molecule has 0 unspecified atom stereocenters. The van der Waals surface area contributed by atoms with Crippen molar-refractivity contribution in [3.8, 4) is 0 Å². The Kier molecular flexibility index (Phi) is 15.6. The highest BCUT2D eigenvalue weighted by Gasteiger charge is 1.91. The molecular weight excluding hydrogens is 222 g/mol. The molecule has 0 aromatic heterocycles. The van der Waals surface area contributed by atoms with Crippen LogP contribution in [0.3, 0.4) is 0 Å². The van der Waals surface area contributed by atoms with Gasteiger partial charge in [0.05, 0.1) is 39.6 Å². The minimum Gasteiger partial charge on any atom is -0.395 e. The van der Waals surface area contributed by atoms with Gasteiger partial charge in [-0.25, -0.2) is 0 Å². The lowest BCUT2D eigenvalue weighted by atomic mass is 10.4. The second kappa shape index (κ2) is 15.8. The van der Waals surface area contributed by atoms with E-state index in [1.54, 1.807) is 0 Å². The van der Waals surface area contributed by atoms with Crippen LogP contribution in [-0.4, -0.2) is 64.4 Å². The second-order valence-corrected chi connectivity index (χ2v) is 3.66. The van der Waals surface area contributed by atoms with Gasteiger partial charge in [0.15, 0.2) is 0 Å².